The maximum absolute atomic E-state index is 11.5. The molecule has 2 heterocycles. The van der Waals surface area contributed by atoms with Crippen molar-refractivity contribution in [2.24, 2.45) is 5.92 Å². The van der Waals surface area contributed by atoms with E-state index in [1.165, 1.54) is 6.42 Å². The standard InChI is InChI=1S/C10H18N2O2/c13-10(9-2-1-5-14-9)12-7-8-3-4-11-6-8/h8-9,11H,1-7H2,(H,12,13). The van der Waals surface area contributed by atoms with Gasteiger partial charge in [0.2, 0.25) is 5.91 Å². The summed E-state index contributed by atoms with van der Waals surface area (Å²) in [6.45, 7) is 3.65. The molecular weight excluding hydrogens is 180 g/mol. The van der Waals surface area contributed by atoms with Crippen molar-refractivity contribution < 1.29 is 9.53 Å². The fourth-order valence-electron chi connectivity index (χ4n) is 2.03. The number of nitrogens with one attached hydrogen (secondary N) is 2. The molecule has 0 aromatic carbocycles. The van der Waals surface area contributed by atoms with Gasteiger partial charge in [-0.25, -0.2) is 0 Å². The Morgan fingerprint density at radius 1 is 1.50 bits per heavy atom. The highest BCUT2D eigenvalue weighted by Crippen LogP contribution is 2.12. The molecule has 4 heteroatoms. The lowest BCUT2D eigenvalue weighted by molar-refractivity contribution is -0.130. The zero-order valence-electron chi connectivity index (χ0n) is 8.42. The normalized spacial score (nSPS) is 32.0. The summed E-state index contributed by atoms with van der Waals surface area (Å²) in [6.07, 6.45) is 2.90. The van der Waals surface area contributed by atoms with Crippen LogP contribution >= 0.6 is 0 Å². The highest BCUT2D eigenvalue weighted by atomic mass is 16.5. The van der Waals surface area contributed by atoms with Gasteiger partial charge in [0.15, 0.2) is 0 Å². The number of amides is 1. The third-order valence-electron chi connectivity index (χ3n) is 2.95. The van der Waals surface area contributed by atoms with Crippen LogP contribution in [0.5, 0.6) is 0 Å². The van der Waals surface area contributed by atoms with Crippen molar-refractivity contribution >= 4 is 5.91 Å². The van der Waals surface area contributed by atoms with Gasteiger partial charge in [-0.3, -0.25) is 4.79 Å². The zero-order chi connectivity index (χ0) is 9.80. The second-order valence-electron chi connectivity index (χ2n) is 4.11. The van der Waals surface area contributed by atoms with Crippen LogP contribution in [0.4, 0.5) is 0 Å². The molecule has 1 amide bonds. The van der Waals surface area contributed by atoms with E-state index < -0.39 is 0 Å². The Morgan fingerprint density at radius 3 is 3.07 bits per heavy atom. The van der Waals surface area contributed by atoms with Gasteiger partial charge in [0.1, 0.15) is 6.10 Å². The minimum atomic E-state index is -0.177. The topological polar surface area (TPSA) is 50.4 Å². The molecule has 2 atom stereocenters. The molecule has 2 fully saturated rings. The Balaban J connectivity index is 1.66. The van der Waals surface area contributed by atoms with Crippen LogP contribution < -0.4 is 10.6 Å². The molecule has 0 radical (unpaired) electrons. The van der Waals surface area contributed by atoms with Gasteiger partial charge in [-0.05, 0) is 38.3 Å². The van der Waals surface area contributed by atoms with Gasteiger partial charge in [-0.15, -0.1) is 0 Å². The van der Waals surface area contributed by atoms with Gasteiger partial charge >= 0.3 is 0 Å². The molecule has 14 heavy (non-hydrogen) atoms. The number of hydrogen-bond donors (Lipinski definition) is 2. The summed E-state index contributed by atoms with van der Waals surface area (Å²) in [5.74, 6) is 0.690. The number of hydrogen-bond acceptors (Lipinski definition) is 3. The van der Waals surface area contributed by atoms with Crippen molar-refractivity contribution in [3.63, 3.8) is 0 Å². The van der Waals surface area contributed by atoms with E-state index in [4.69, 9.17) is 4.74 Å². The van der Waals surface area contributed by atoms with Crippen LogP contribution in [0.25, 0.3) is 0 Å². The Morgan fingerprint density at radius 2 is 2.43 bits per heavy atom. The SMILES string of the molecule is O=C(NCC1CCNC1)C1CCCO1. The van der Waals surface area contributed by atoms with E-state index in [1.54, 1.807) is 0 Å². The van der Waals surface area contributed by atoms with Crippen LogP contribution in [0.1, 0.15) is 19.3 Å². The van der Waals surface area contributed by atoms with Crippen molar-refractivity contribution in [2.45, 2.75) is 25.4 Å². The first-order valence-electron chi connectivity index (χ1n) is 5.46. The molecule has 2 unspecified atom stereocenters. The molecule has 2 rings (SSSR count). The van der Waals surface area contributed by atoms with Crippen molar-refractivity contribution in [3.05, 3.63) is 0 Å². The molecule has 0 aromatic heterocycles. The lowest BCUT2D eigenvalue weighted by Crippen LogP contribution is -2.37. The maximum Gasteiger partial charge on any atom is 0.249 e. The molecule has 0 aromatic rings. The smallest absolute Gasteiger partial charge is 0.249 e. The van der Waals surface area contributed by atoms with Crippen LogP contribution in [-0.4, -0.2) is 38.3 Å². The molecule has 0 saturated carbocycles. The third-order valence-corrected chi connectivity index (χ3v) is 2.95. The van der Waals surface area contributed by atoms with Crippen LogP contribution in [0.2, 0.25) is 0 Å². The predicted octanol–water partition coefficient (Wildman–Crippen LogP) is -0.109. The Hall–Kier alpha value is -0.610. The molecule has 2 N–H and O–H groups in total. The zero-order valence-corrected chi connectivity index (χ0v) is 8.42. The predicted molar refractivity (Wildman–Crippen MR) is 53.0 cm³/mol. The van der Waals surface area contributed by atoms with E-state index in [2.05, 4.69) is 10.6 Å². The van der Waals surface area contributed by atoms with Gasteiger partial charge in [-0.1, -0.05) is 0 Å². The minimum Gasteiger partial charge on any atom is -0.368 e. The Labute approximate surface area is 84.4 Å². The number of rotatable bonds is 3. The van der Waals surface area contributed by atoms with Crippen molar-refractivity contribution in [3.8, 4) is 0 Å². The summed E-state index contributed by atoms with van der Waals surface area (Å²) in [6, 6.07) is 0. The molecule has 80 valence electrons. The Kier molecular flexibility index (Phi) is 3.37. The van der Waals surface area contributed by atoms with E-state index >= 15 is 0 Å². The highest BCUT2D eigenvalue weighted by Gasteiger charge is 2.24. The lowest BCUT2D eigenvalue weighted by Gasteiger charge is -2.13. The second-order valence-corrected chi connectivity index (χ2v) is 4.11. The molecule has 2 aliphatic heterocycles. The van der Waals surface area contributed by atoms with Gasteiger partial charge in [0.05, 0.1) is 0 Å². The fourth-order valence-corrected chi connectivity index (χ4v) is 2.03. The molecule has 0 spiro atoms. The first kappa shape index (κ1) is 9.93. The van der Waals surface area contributed by atoms with Crippen LogP contribution in [0.15, 0.2) is 0 Å². The minimum absolute atomic E-state index is 0.0781. The van der Waals surface area contributed by atoms with Crippen molar-refractivity contribution in [2.75, 3.05) is 26.2 Å². The molecular formula is C10H18N2O2. The van der Waals surface area contributed by atoms with E-state index in [0.29, 0.717) is 5.92 Å². The number of ether oxygens (including phenoxy) is 1. The molecule has 4 nitrogen and oxygen atoms in total. The fraction of sp³-hybridized carbons (Fsp3) is 0.900. The van der Waals surface area contributed by atoms with Gasteiger partial charge in [-0.2, -0.15) is 0 Å². The van der Waals surface area contributed by atoms with E-state index in [9.17, 15) is 4.79 Å². The molecule has 2 saturated heterocycles. The average Bonchev–Trinajstić information content (AvgIpc) is 2.87. The van der Waals surface area contributed by atoms with E-state index in [0.717, 1.165) is 39.1 Å². The maximum atomic E-state index is 11.5. The average molecular weight is 198 g/mol. The lowest BCUT2D eigenvalue weighted by atomic mass is 10.1. The number of carbonyl (C=O) groups is 1. The monoisotopic (exact) mass is 198 g/mol. The summed E-state index contributed by atoms with van der Waals surface area (Å²) in [4.78, 5) is 11.5. The van der Waals surface area contributed by atoms with Gasteiger partial charge in [0.25, 0.3) is 0 Å². The van der Waals surface area contributed by atoms with Crippen LogP contribution in [0, 0.1) is 5.92 Å². The quantitative estimate of drug-likeness (QED) is 0.665. The van der Waals surface area contributed by atoms with Gasteiger partial charge in [0, 0.05) is 13.2 Å². The second kappa shape index (κ2) is 4.75. The summed E-state index contributed by atoms with van der Waals surface area (Å²) in [5, 5.41) is 6.25. The van der Waals surface area contributed by atoms with Crippen molar-refractivity contribution in [1.82, 2.24) is 10.6 Å². The van der Waals surface area contributed by atoms with E-state index in [-0.39, 0.29) is 12.0 Å². The third kappa shape index (κ3) is 2.45. The number of carbonyl (C=O) groups excluding carboxylic acids is 1. The summed E-state index contributed by atoms with van der Waals surface area (Å²) < 4.78 is 5.30. The van der Waals surface area contributed by atoms with E-state index in [1.807, 2.05) is 0 Å². The van der Waals surface area contributed by atoms with Gasteiger partial charge < -0.3 is 15.4 Å². The summed E-state index contributed by atoms with van der Waals surface area (Å²) in [7, 11) is 0. The first-order valence-corrected chi connectivity index (χ1v) is 5.46. The highest BCUT2D eigenvalue weighted by molar-refractivity contribution is 5.80. The van der Waals surface area contributed by atoms with Crippen molar-refractivity contribution in [1.29, 1.82) is 0 Å². The molecule has 0 aliphatic carbocycles. The Bertz CT molecular complexity index is 196. The molecule has 0 bridgehead atoms. The van der Waals surface area contributed by atoms with Crippen LogP contribution in [-0.2, 0) is 9.53 Å². The molecule has 2 aliphatic rings. The first-order chi connectivity index (χ1) is 6.86. The summed E-state index contributed by atoms with van der Waals surface area (Å²) in [5.41, 5.74) is 0. The summed E-state index contributed by atoms with van der Waals surface area (Å²) >= 11 is 0. The van der Waals surface area contributed by atoms with Crippen LogP contribution in [0.3, 0.4) is 0 Å². The largest absolute Gasteiger partial charge is 0.368 e.